The first-order valence-electron chi connectivity index (χ1n) is 5.27. The van der Waals surface area contributed by atoms with Crippen LogP contribution in [0.3, 0.4) is 0 Å². The zero-order chi connectivity index (χ0) is 11.1. The van der Waals surface area contributed by atoms with Crippen molar-refractivity contribution in [1.82, 2.24) is 5.32 Å². The number of ether oxygens (including phenoxy) is 1. The minimum atomic E-state index is 0.288. The van der Waals surface area contributed by atoms with E-state index in [2.05, 4.69) is 19.2 Å². The fourth-order valence-corrected chi connectivity index (χ4v) is 1.26. The summed E-state index contributed by atoms with van der Waals surface area (Å²) < 4.78 is 5.45. The predicted octanol–water partition coefficient (Wildman–Crippen LogP) is 1.91. The Balaban J connectivity index is 2.15. The second-order valence-corrected chi connectivity index (χ2v) is 3.83. The molecule has 0 saturated carbocycles. The van der Waals surface area contributed by atoms with E-state index in [-0.39, 0.29) is 5.75 Å². The van der Waals surface area contributed by atoms with E-state index >= 15 is 0 Å². The van der Waals surface area contributed by atoms with Gasteiger partial charge in [0.2, 0.25) is 0 Å². The Labute approximate surface area is 91.1 Å². The number of hydrogen-bond acceptors (Lipinski definition) is 3. The van der Waals surface area contributed by atoms with Crippen LogP contribution in [-0.4, -0.2) is 24.3 Å². The van der Waals surface area contributed by atoms with Crippen molar-refractivity contribution in [3.05, 3.63) is 29.8 Å². The zero-order valence-electron chi connectivity index (χ0n) is 9.36. The fourth-order valence-electron chi connectivity index (χ4n) is 1.26. The molecule has 0 heterocycles. The van der Waals surface area contributed by atoms with Crippen molar-refractivity contribution in [2.45, 2.75) is 26.5 Å². The second kappa shape index (κ2) is 6.43. The summed E-state index contributed by atoms with van der Waals surface area (Å²) in [4.78, 5) is 0. The molecule has 1 aromatic rings. The van der Waals surface area contributed by atoms with Gasteiger partial charge in [0, 0.05) is 12.6 Å². The van der Waals surface area contributed by atoms with Gasteiger partial charge in [-0.3, -0.25) is 0 Å². The van der Waals surface area contributed by atoms with Gasteiger partial charge in [0.25, 0.3) is 0 Å². The van der Waals surface area contributed by atoms with Crippen molar-refractivity contribution in [2.24, 2.45) is 0 Å². The maximum Gasteiger partial charge on any atom is 0.115 e. The molecule has 0 amide bonds. The normalized spacial score (nSPS) is 10.9. The molecule has 3 nitrogen and oxygen atoms in total. The van der Waals surface area contributed by atoms with Crippen LogP contribution in [0, 0.1) is 0 Å². The molecule has 0 atom stereocenters. The highest BCUT2D eigenvalue weighted by atomic mass is 16.5. The van der Waals surface area contributed by atoms with Gasteiger partial charge in [-0.1, -0.05) is 26.0 Å². The van der Waals surface area contributed by atoms with E-state index in [1.165, 1.54) is 0 Å². The summed E-state index contributed by atoms with van der Waals surface area (Å²) in [5, 5.41) is 12.5. The van der Waals surface area contributed by atoms with E-state index in [1.807, 2.05) is 12.1 Å². The van der Waals surface area contributed by atoms with Crippen molar-refractivity contribution >= 4 is 0 Å². The minimum Gasteiger partial charge on any atom is -0.508 e. The summed E-state index contributed by atoms with van der Waals surface area (Å²) in [5.41, 5.74) is 1.000. The highest BCUT2D eigenvalue weighted by Crippen LogP contribution is 2.11. The Morgan fingerprint density at radius 3 is 2.87 bits per heavy atom. The van der Waals surface area contributed by atoms with Crippen LogP contribution in [0.2, 0.25) is 0 Å². The lowest BCUT2D eigenvalue weighted by atomic mass is 10.2. The smallest absolute Gasteiger partial charge is 0.115 e. The summed E-state index contributed by atoms with van der Waals surface area (Å²) in [7, 11) is 0. The Hall–Kier alpha value is -1.06. The summed E-state index contributed by atoms with van der Waals surface area (Å²) in [5.74, 6) is 0.288. The number of phenolic OH excluding ortho intramolecular Hbond substituents is 1. The SMILES string of the molecule is CC(C)NCCOCc1cccc(O)c1. The van der Waals surface area contributed by atoms with Gasteiger partial charge in [0.15, 0.2) is 0 Å². The molecular weight excluding hydrogens is 190 g/mol. The molecule has 1 rings (SSSR count). The molecule has 2 N–H and O–H groups in total. The first-order chi connectivity index (χ1) is 7.18. The summed E-state index contributed by atoms with van der Waals surface area (Å²) in [6.45, 7) is 6.31. The molecule has 0 aliphatic carbocycles. The number of phenols is 1. The maximum absolute atomic E-state index is 9.22. The number of hydrogen-bond donors (Lipinski definition) is 2. The van der Waals surface area contributed by atoms with E-state index in [0.29, 0.717) is 19.3 Å². The molecular formula is C12H19NO2. The molecule has 15 heavy (non-hydrogen) atoms. The molecule has 3 heteroatoms. The van der Waals surface area contributed by atoms with E-state index in [9.17, 15) is 5.11 Å². The van der Waals surface area contributed by atoms with Gasteiger partial charge in [-0.15, -0.1) is 0 Å². The van der Waals surface area contributed by atoms with Crippen molar-refractivity contribution in [1.29, 1.82) is 0 Å². The minimum absolute atomic E-state index is 0.288. The van der Waals surface area contributed by atoms with Crippen molar-refractivity contribution < 1.29 is 9.84 Å². The number of rotatable bonds is 6. The van der Waals surface area contributed by atoms with E-state index in [1.54, 1.807) is 12.1 Å². The Kier molecular flexibility index (Phi) is 5.15. The van der Waals surface area contributed by atoms with Crippen LogP contribution in [0.25, 0.3) is 0 Å². The van der Waals surface area contributed by atoms with Gasteiger partial charge in [-0.05, 0) is 17.7 Å². The zero-order valence-corrected chi connectivity index (χ0v) is 9.36. The van der Waals surface area contributed by atoms with Crippen LogP contribution in [0.1, 0.15) is 19.4 Å². The van der Waals surface area contributed by atoms with E-state index in [0.717, 1.165) is 12.1 Å². The van der Waals surface area contributed by atoms with Crippen LogP contribution in [0.15, 0.2) is 24.3 Å². The summed E-state index contributed by atoms with van der Waals surface area (Å²) in [6, 6.07) is 7.63. The topological polar surface area (TPSA) is 41.5 Å². The Morgan fingerprint density at radius 2 is 2.20 bits per heavy atom. The Bertz CT molecular complexity index is 287. The van der Waals surface area contributed by atoms with Crippen LogP contribution >= 0.6 is 0 Å². The maximum atomic E-state index is 9.22. The van der Waals surface area contributed by atoms with Crippen molar-refractivity contribution in [3.8, 4) is 5.75 Å². The van der Waals surface area contributed by atoms with Gasteiger partial charge in [0.1, 0.15) is 5.75 Å². The monoisotopic (exact) mass is 209 g/mol. The predicted molar refractivity (Wildman–Crippen MR) is 60.9 cm³/mol. The highest BCUT2D eigenvalue weighted by Gasteiger charge is 1.95. The van der Waals surface area contributed by atoms with Gasteiger partial charge < -0.3 is 15.2 Å². The lowest BCUT2D eigenvalue weighted by molar-refractivity contribution is 0.121. The third-order valence-electron chi connectivity index (χ3n) is 1.98. The second-order valence-electron chi connectivity index (χ2n) is 3.83. The average Bonchev–Trinajstić information content (AvgIpc) is 2.17. The molecule has 0 saturated heterocycles. The average molecular weight is 209 g/mol. The number of nitrogens with one attached hydrogen (secondary N) is 1. The third kappa shape index (κ3) is 5.40. The number of benzene rings is 1. The quantitative estimate of drug-likeness (QED) is 0.703. The van der Waals surface area contributed by atoms with E-state index in [4.69, 9.17) is 4.74 Å². The molecule has 0 bridgehead atoms. The largest absolute Gasteiger partial charge is 0.508 e. The van der Waals surface area contributed by atoms with Crippen LogP contribution in [0.4, 0.5) is 0 Å². The molecule has 0 radical (unpaired) electrons. The summed E-state index contributed by atoms with van der Waals surface area (Å²) >= 11 is 0. The van der Waals surface area contributed by atoms with Gasteiger partial charge in [0.05, 0.1) is 13.2 Å². The molecule has 0 spiro atoms. The molecule has 1 aromatic carbocycles. The highest BCUT2D eigenvalue weighted by molar-refractivity contribution is 5.26. The molecule has 0 aliphatic heterocycles. The molecule has 0 fully saturated rings. The van der Waals surface area contributed by atoms with Crippen LogP contribution in [-0.2, 0) is 11.3 Å². The first kappa shape index (κ1) is 12.0. The van der Waals surface area contributed by atoms with Crippen molar-refractivity contribution in [2.75, 3.05) is 13.2 Å². The van der Waals surface area contributed by atoms with Crippen molar-refractivity contribution in [3.63, 3.8) is 0 Å². The standard InChI is InChI=1S/C12H19NO2/c1-10(2)13-6-7-15-9-11-4-3-5-12(14)8-11/h3-5,8,10,13-14H,6-7,9H2,1-2H3. The summed E-state index contributed by atoms with van der Waals surface area (Å²) in [6.07, 6.45) is 0. The Morgan fingerprint density at radius 1 is 1.40 bits per heavy atom. The molecule has 0 aliphatic rings. The van der Waals surface area contributed by atoms with Gasteiger partial charge in [-0.25, -0.2) is 0 Å². The number of aromatic hydroxyl groups is 1. The fraction of sp³-hybridized carbons (Fsp3) is 0.500. The molecule has 0 aromatic heterocycles. The van der Waals surface area contributed by atoms with Gasteiger partial charge >= 0.3 is 0 Å². The van der Waals surface area contributed by atoms with Crippen LogP contribution < -0.4 is 5.32 Å². The van der Waals surface area contributed by atoms with Gasteiger partial charge in [-0.2, -0.15) is 0 Å². The van der Waals surface area contributed by atoms with E-state index < -0.39 is 0 Å². The lowest BCUT2D eigenvalue weighted by Crippen LogP contribution is -2.26. The molecule has 0 unspecified atom stereocenters. The third-order valence-corrected chi connectivity index (χ3v) is 1.98. The lowest BCUT2D eigenvalue weighted by Gasteiger charge is -2.08. The first-order valence-corrected chi connectivity index (χ1v) is 5.27. The molecule has 84 valence electrons. The van der Waals surface area contributed by atoms with Crippen LogP contribution in [0.5, 0.6) is 5.75 Å².